The van der Waals surface area contributed by atoms with Gasteiger partial charge in [-0.05, 0) is 0 Å². The molecule has 6 heteroatoms. The highest BCUT2D eigenvalue weighted by Crippen LogP contribution is 2.12. The first kappa shape index (κ1) is 10.2. The lowest BCUT2D eigenvalue weighted by Crippen LogP contribution is -2.27. The smallest absolute Gasteiger partial charge is 0.0708 e. The topological polar surface area (TPSA) is 54.9 Å². The molecule has 0 saturated carbocycles. The molecule has 0 heterocycles. The van der Waals surface area contributed by atoms with Gasteiger partial charge in [0.25, 0.3) is 0 Å². The van der Waals surface area contributed by atoms with Crippen LogP contribution in [0.5, 0.6) is 0 Å². The van der Waals surface area contributed by atoms with Gasteiger partial charge in [-0.25, -0.2) is 5.28 Å². The van der Waals surface area contributed by atoms with Crippen LogP contribution in [0.3, 0.4) is 0 Å². The van der Waals surface area contributed by atoms with E-state index in [0.29, 0.717) is 5.28 Å². The average Bonchev–Trinajstić information content (AvgIpc) is 1.85. The Morgan fingerprint density at radius 3 is 2.30 bits per heavy atom. The van der Waals surface area contributed by atoms with Crippen molar-refractivity contribution < 1.29 is 5.21 Å². The van der Waals surface area contributed by atoms with E-state index in [-0.39, 0.29) is 6.04 Å². The van der Waals surface area contributed by atoms with E-state index in [1.165, 1.54) is 0 Å². The van der Waals surface area contributed by atoms with Crippen LogP contribution in [0.4, 0.5) is 0 Å². The molecule has 0 aromatic rings. The number of nitrogens with zero attached hydrogens (tertiary/aromatic N) is 4. The predicted molar refractivity (Wildman–Crippen MR) is 43.0 cm³/mol. The fraction of sp³-hybridized carbons (Fsp3) is 1.00. The third-order valence-electron chi connectivity index (χ3n) is 0.722. The first-order valence-corrected chi connectivity index (χ1v) is 3.43. The van der Waals surface area contributed by atoms with E-state index >= 15 is 0 Å². The monoisotopic (exact) mass is 164 g/mol. The molecule has 0 bridgehead atoms. The van der Waals surface area contributed by atoms with Crippen molar-refractivity contribution in [2.75, 3.05) is 7.05 Å². The molecule has 0 radical (unpaired) electrons. The third-order valence-corrected chi connectivity index (χ3v) is 1.16. The number of hydrogen-bond donors (Lipinski definition) is 1. The summed E-state index contributed by atoms with van der Waals surface area (Å²) in [6.07, 6.45) is 0. The van der Waals surface area contributed by atoms with Crippen molar-refractivity contribution in [1.82, 2.24) is 10.2 Å². The zero-order valence-corrected chi connectivity index (χ0v) is 7.55. The van der Waals surface area contributed by atoms with E-state index in [4.69, 9.17) is 5.21 Å². The maximum atomic E-state index is 8.97. The van der Waals surface area contributed by atoms with E-state index < -0.39 is 0 Å². The Balaban J connectivity index is 3.50. The molecule has 0 spiro atoms. The summed E-state index contributed by atoms with van der Waals surface area (Å²) in [5, 5.41) is 9.64. The molecule has 1 N–H and O–H groups in total. The first-order chi connectivity index (χ1) is 4.57. The SMILES string of the molecule is C[N-]N(P)N(O)[N-]C(C)C. The fourth-order valence-corrected chi connectivity index (χ4v) is 0.399. The summed E-state index contributed by atoms with van der Waals surface area (Å²) < 4.78 is 0. The molecule has 1 unspecified atom stereocenters. The Bertz CT molecular complexity index is 91.3. The first-order valence-electron chi connectivity index (χ1n) is 2.92. The van der Waals surface area contributed by atoms with Crippen LogP contribution in [0.1, 0.15) is 13.8 Å². The number of hydrazine groups is 1. The van der Waals surface area contributed by atoms with E-state index in [1.807, 2.05) is 13.8 Å². The summed E-state index contributed by atoms with van der Waals surface area (Å²) in [6, 6.07) is 0.0507. The molecular formula is C4H13N4OP-2. The molecule has 0 aliphatic rings. The van der Waals surface area contributed by atoms with Crippen molar-refractivity contribution in [3.8, 4) is 0 Å². The lowest BCUT2D eigenvalue weighted by atomic mass is 10.4. The Morgan fingerprint density at radius 1 is 1.50 bits per heavy atom. The van der Waals surface area contributed by atoms with Gasteiger partial charge in [-0.15, -0.1) is 6.04 Å². The zero-order chi connectivity index (χ0) is 8.15. The van der Waals surface area contributed by atoms with Gasteiger partial charge in [0.1, 0.15) is 0 Å². The molecule has 5 nitrogen and oxygen atoms in total. The largest absolute Gasteiger partial charge is 0.578 e. The van der Waals surface area contributed by atoms with Gasteiger partial charge in [-0.2, -0.15) is 7.05 Å². The van der Waals surface area contributed by atoms with Crippen LogP contribution in [-0.2, 0) is 0 Å². The summed E-state index contributed by atoms with van der Waals surface area (Å²) in [4.78, 5) is 1.15. The second-order valence-corrected chi connectivity index (χ2v) is 2.46. The van der Waals surface area contributed by atoms with Crippen molar-refractivity contribution in [3.05, 3.63) is 10.9 Å². The van der Waals surface area contributed by atoms with Gasteiger partial charge in [-0.1, -0.05) is 23.2 Å². The van der Waals surface area contributed by atoms with Crippen LogP contribution in [0.25, 0.3) is 10.9 Å². The highest BCUT2D eigenvalue weighted by molar-refractivity contribution is 7.13. The Hall–Kier alpha value is 0.230. The second-order valence-electron chi connectivity index (χ2n) is 2.00. The van der Waals surface area contributed by atoms with E-state index in [1.54, 1.807) is 7.05 Å². The third kappa shape index (κ3) is 4.11. The standard InChI is InChI=1S/C4H13N4OP/c1-4(2)6-7(9)8(10)5-3/h4,9H,10H2,1-3H3/q-2. The molecule has 0 aromatic carbocycles. The van der Waals surface area contributed by atoms with E-state index in [2.05, 4.69) is 20.2 Å². The normalized spacial score (nSPS) is 12.0. The Morgan fingerprint density at radius 2 is 2.00 bits per heavy atom. The second kappa shape index (κ2) is 4.96. The van der Waals surface area contributed by atoms with E-state index in [9.17, 15) is 0 Å². The Labute approximate surface area is 63.5 Å². The summed E-state index contributed by atoms with van der Waals surface area (Å²) >= 11 is 0. The minimum Gasteiger partial charge on any atom is -0.578 e. The Kier molecular flexibility index (Phi) is 5.07. The van der Waals surface area contributed by atoms with Crippen molar-refractivity contribution in [3.63, 3.8) is 0 Å². The highest BCUT2D eigenvalue weighted by atomic mass is 31.0. The van der Waals surface area contributed by atoms with Crippen LogP contribution in [0.15, 0.2) is 0 Å². The molecule has 1 atom stereocenters. The maximum Gasteiger partial charge on any atom is -0.0708 e. The van der Waals surface area contributed by atoms with Crippen molar-refractivity contribution in [2.45, 2.75) is 19.9 Å². The number of hydrogen-bond acceptors (Lipinski definition) is 3. The van der Waals surface area contributed by atoms with Crippen molar-refractivity contribution in [1.29, 1.82) is 0 Å². The molecule has 0 aliphatic heterocycles. The zero-order valence-electron chi connectivity index (χ0n) is 6.39. The van der Waals surface area contributed by atoms with Gasteiger partial charge < -0.3 is 20.9 Å². The van der Waals surface area contributed by atoms with Crippen molar-refractivity contribution >= 4 is 9.39 Å². The minimum absolute atomic E-state index is 0.0507. The molecule has 0 rings (SSSR count). The highest BCUT2D eigenvalue weighted by Gasteiger charge is 1.86. The van der Waals surface area contributed by atoms with Crippen LogP contribution in [0.2, 0.25) is 0 Å². The van der Waals surface area contributed by atoms with Gasteiger partial charge in [0.05, 0.1) is 0 Å². The molecule has 10 heavy (non-hydrogen) atoms. The summed E-state index contributed by atoms with van der Waals surface area (Å²) in [5.41, 5.74) is 7.37. The minimum atomic E-state index is 0.0507. The fourth-order valence-electron chi connectivity index (χ4n) is 0.339. The molecule has 0 aliphatic carbocycles. The molecule has 0 aromatic heterocycles. The van der Waals surface area contributed by atoms with E-state index in [0.717, 1.165) is 4.89 Å². The van der Waals surface area contributed by atoms with Gasteiger partial charge in [-0.3, -0.25) is 0 Å². The molecule has 62 valence electrons. The van der Waals surface area contributed by atoms with Gasteiger partial charge in [0.15, 0.2) is 0 Å². The van der Waals surface area contributed by atoms with Gasteiger partial charge >= 0.3 is 0 Å². The lowest BCUT2D eigenvalue weighted by molar-refractivity contribution is -0.157. The van der Waals surface area contributed by atoms with Crippen LogP contribution in [0, 0.1) is 0 Å². The predicted octanol–water partition coefficient (Wildman–Crippen LogP) is 1.30. The quantitative estimate of drug-likeness (QED) is 0.503. The average molecular weight is 164 g/mol. The summed E-state index contributed by atoms with van der Waals surface area (Å²) in [6.45, 7) is 3.72. The number of rotatable bonds is 4. The molecule has 0 saturated heterocycles. The van der Waals surface area contributed by atoms with Gasteiger partial charge in [0, 0.05) is 0 Å². The van der Waals surface area contributed by atoms with Crippen molar-refractivity contribution in [2.24, 2.45) is 0 Å². The van der Waals surface area contributed by atoms with Crippen LogP contribution >= 0.6 is 9.39 Å². The summed E-state index contributed by atoms with van der Waals surface area (Å²) in [5.74, 6) is 0. The lowest BCUT2D eigenvalue weighted by Gasteiger charge is -2.46. The molecular weight excluding hydrogens is 151 g/mol. The van der Waals surface area contributed by atoms with Gasteiger partial charge in [0.2, 0.25) is 0 Å². The summed E-state index contributed by atoms with van der Waals surface area (Å²) in [7, 11) is 3.74. The van der Waals surface area contributed by atoms with Crippen LogP contribution in [-0.4, -0.2) is 28.5 Å². The molecule has 0 amide bonds. The van der Waals surface area contributed by atoms with Crippen LogP contribution < -0.4 is 0 Å². The maximum absolute atomic E-state index is 8.97. The molecule has 0 fully saturated rings.